The van der Waals surface area contributed by atoms with Crippen molar-refractivity contribution >= 4 is 21.6 Å². The number of amides is 1. The van der Waals surface area contributed by atoms with E-state index < -0.39 is 15.8 Å². The van der Waals surface area contributed by atoms with E-state index in [0.717, 1.165) is 25.0 Å². The lowest BCUT2D eigenvalue weighted by molar-refractivity contribution is 0.0715. The number of hydrogen-bond donors (Lipinski definition) is 2. The van der Waals surface area contributed by atoms with E-state index in [1.807, 2.05) is 0 Å². The van der Waals surface area contributed by atoms with E-state index in [-0.39, 0.29) is 16.8 Å². The minimum absolute atomic E-state index is 0.0382. The van der Waals surface area contributed by atoms with Crippen LogP contribution in [0, 0.1) is 5.82 Å². The van der Waals surface area contributed by atoms with Gasteiger partial charge in [0.25, 0.3) is 15.9 Å². The number of benzene rings is 2. The topological polar surface area (TPSA) is 92.5 Å². The van der Waals surface area contributed by atoms with Gasteiger partial charge >= 0.3 is 0 Å². The number of likely N-dealkylation sites (tertiary alicyclic amines) is 1. The molecule has 0 saturated carbocycles. The van der Waals surface area contributed by atoms with Gasteiger partial charge in [0.1, 0.15) is 5.82 Å². The van der Waals surface area contributed by atoms with Crippen LogP contribution in [0.5, 0.6) is 0 Å². The second-order valence-corrected chi connectivity index (χ2v) is 7.95. The molecule has 2 aromatic rings. The highest BCUT2D eigenvalue weighted by atomic mass is 32.2. The summed E-state index contributed by atoms with van der Waals surface area (Å²) in [6, 6.07) is 10.9. The Labute approximate surface area is 151 Å². The minimum Gasteiger partial charge on any atom is -0.339 e. The zero-order valence-corrected chi connectivity index (χ0v) is 14.9. The van der Waals surface area contributed by atoms with Gasteiger partial charge in [0, 0.05) is 30.4 Å². The van der Waals surface area contributed by atoms with Gasteiger partial charge in [0.2, 0.25) is 0 Å². The van der Waals surface area contributed by atoms with Crippen LogP contribution in [0.2, 0.25) is 0 Å². The first kappa shape index (κ1) is 18.3. The van der Waals surface area contributed by atoms with Gasteiger partial charge in [-0.2, -0.15) is 0 Å². The van der Waals surface area contributed by atoms with Crippen LogP contribution in [0.1, 0.15) is 23.2 Å². The number of hydrogen-bond acceptors (Lipinski definition) is 4. The van der Waals surface area contributed by atoms with Crippen molar-refractivity contribution in [3.63, 3.8) is 0 Å². The Morgan fingerprint density at radius 1 is 1.04 bits per heavy atom. The molecule has 138 valence electrons. The summed E-state index contributed by atoms with van der Waals surface area (Å²) in [6.07, 6.45) is 1.56. The Morgan fingerprint density at radius 3 is 2.19 bits per heavy atom. The molecule has 1 saturated heterocycles. The molecule has 1 heterocycles. The molecule has 0 bridgehead atoms. The van der Waals surface area contributed by atoms with Gasteiger partial charge in [-0.05, 0) is 61.4 Å². The number of piperidine rings is 1. The highest BCUT2D eigenvalue weighted by Gasteiger charge is 2.22. The summed E-state index contributed by atoms with van der Waals surface area (Å²) in [5.41, 5.74) is 6.66. The van der Waals surface area contributed by atoms with Crippen molar-refractivity contribution in [1.29, 1.82) is 0 Å². The molecule has 1 aliphatic rings. The highest BCUT2D eigenvalue weighted by molar-refractivity contribution is 7.92. The minimum atomic E-state index is -3.82. The summed E-state index contributed by atoms with van der Waals surface area (Å²) in [4.78, 5) is 14.2. The molecule has 2 aromatic carbocycles. The molecule has 0 unspecified atom stereocenters. The molecular formula is C18H20FN3O3S. The van der Waals surface area contributed by atoms with E-state index in [9.17, 15) is 17.6 Å². The summed E-state index contributed by atoms with van der Waals surface area (Å²) in [5.74, 6) is -0.602. The van der Waals surface area contributed by atoms with Gasteiger partial charge in [-0.15, -0.1) is 0 Å². The highest BCUT2D eigenvalue weighted by Crippen LogP contribution is 2.19. The lowest BCUT2D eigenvalue weighted by Gasteiger charge is -2.30. The van der Waals surface area contributed by atoms with Gasteiger partial charge in [-0.1, -0.05) is 0 Å². The monoisotopic (exact) mass is 377 g/mol. The van der Waals surface area contributed by atoms with Gasteiger partial charge in [0.05, 0.1) is 4.90 Å². The summed E-state index contributed by atoms with van der Waals surface area (Å²) in [7, 11) is -3.82. The zero-order chi connectivity index (χ0) is 18.7. The number of carbonyl (C=O) groups is 1. The number of nitrogens with zero attached hydrogens (tertiary/aromatic N) is 1. The zero-order valence-electron chi connectivity index (χ0n) is 14.1. The number of anilines is 1. The Balaban J connectivity index is 1.69. The molecule has 26 heavy (non-hydrogen) atoms. The van der Waals surface area contributed by atoms with E-state index in [2.05, 4.69) is 4.72 Å². The Kier molecular flexibility index (Phi) is 5.24. The molecule has 1 fully saturated rings. The third kappa shape index (κ3) is 4.20. The fourth-order valence-corrected chi connectivity index (χ4v) is 3.85. The third-order valence-electron chi connectivity index (χ3n) is 4.33. The molecule has 0 aliphatic carbocycles. The fourth-order valence-electron chi connectivity index (χ4n) is 2.79. The number of nitrogens with one attached hydrogen (secondary N) is 1. The maximum absolute atomic E-state index is 12.9. The van der Waals surface area contributed by atoms with Crippen LogP contribution >= 0.6 is 0 Å². The predicted molar refractivity (Wildman–Crippen MR) is 96.8 cm³/mol. The molecule has 0 radical (unpaired) electrons. The first-order valence-electron chi connectivity index (χ1n) is 8.28. The smallest absolute Gasteiger partial charge is 0.261 e. The number of nitrogens with two attached hydrogens (primary N) is 1. The molecule has 0 aromatic heterocycles. The summed E-state index contributed by atoms with van der Waals surface area (Å²) >= 11 is 0. The number of rotatable bonds is 4. The summed E-state index contributed by atoms with van der Waals surface area (Å²) in [5, 5.41) is 0. The van der Waals surface area contributed by atoms with Crippen molar-refractivity contribution in [3.05, 3.63) is 59.9 Å². The molecule has 0 atom stereocenters. The Hall–Kier alpha value is -2.45. The van der Waals surface area contributed by atoms with Crippen LogP contribution in [0.25, 0.3) is 0 Å². The van der Waals surface area contributed by atoms with Gasteiger partial charge in [-0.3, -0.25) is 9.52 Å². The summed E-state index contributed by atoms with van der Waals surface area (Å²) in [6.45, 7) is 1.25. The maximum Gasteiger partial charge on any atom is 0.261 e. The van der Waals surface area contributed by atoms with E-state index in [0.29, 0.717) is 24.3 Å². The van der Waals surface area contributed by atoms with E-state index >= 15 is 0 Å². The predicted octanol–water partition coefficient (Wildman–Crippen LogP) is 2.19. The maximum atomic E-state index is 12.9. The molecule has 6 nitrogen and oxygen atoms in total. The standard InChI is InChI=1S/C18H20FN3O3S/c19-14-3-7-17(8-4-14)26(24,25)21-16-5-1-13(2-6-16)18(23)22-11-9-15(20)10-12-22/h1-8,15,21H,9-12,20H2. The largest absolute Gasteiger partial charge is 0.339 e. The van der Waals surface area contributed by atoms with Crippen molar-refractivity contribution in [2.24, 2.45) is 5.73 Å². The van der Waals surface area contributed by atoms with Crippen molar-refractivity contribution in [2.45, 2.75) is 23.8 Å². The number of carbonyl (C=O) groups excluding carboxylic acids is 1. The molecule has 8 heteroatoms. The van der Waals surface area contributed by atoms with Crippen molar-refractivity contribution in [2.75, 3.05) is 17.8 Å². The van der Waals surface area contributed by atoms with Crippen LogP contribution in [-0.4, -0.2) is 38.4 Å². The van der Waals surface area contributed by atoms with E-state index in [1.165, 1.54) is 24.3 Å². The van der Waals surface area contributed by atoms with E-state index in [1.54, 1.807) is 17.0 Å². The molecular weight excluding hydrogens is 357 g/mol. The summed E-state index contributed by atoms with van der Waals surface area (Å²) < 4.78 is 39.9. The Bertz CT molecular complexity index is 875. The number of sulfonamides is 1. The average Bonchev–Trinajstić information content (AvgIpc) is 2.62. The Morgan fingerprint density at radius 2 is 1.62 bits per heavy atom. The molecule has 3 N–H and O–H groups in total. The lowest BCUT2D eigenvalue weighted by atomic mass is 10.0. The first-order chi connectivity index (χ1) is 12.3. The SMILES string of the molecule is NC1CCN(C(=O)c2ccc(NS(=O)(=O)c3ccc(F)cc3)cc2)CC1. The first-order valence-corrected chi connectivity index (χ1v) is 9.77. The van der Waals surface area contributed by atoms with Crippen LogP contribution in [-0.2, 0) is 10.0 Å². The second kappa shape index (κ2) is 7.43. The van der Waals surface area contributed by atoms with Crippen LogP contribution in [0.15, 0.2) is 53.4 Å². The number of halogens is 1. The molecule has 1 amide bonds. The quantitative estimate of drug-likeness (QED) is 0.854. The average molecular weight is 377 g/mol. The van der Waals surface area contributed by atoms with Gasteiger partial charge < -0.3 is 10.6 Å². The fraction of sp³-hybridized carbons (Fsp3) is 0.278. The van der Waals surface area contributed by atoms with Crippen molar-refractivity contribution in [3.8, 4) is 0 Å². The molecule has 3 rings (SSSR count). The lowest BCUT2D eigenvalue weighted by Crippen LogP contribution is -2.42. The third-order valence-corrected chi connectivity index (χ3v) is 5.73. The normalized spacial score (nSPS) is 15.7. The van der Waals surface area contributed by atoms with Gasteiger partial charge in [-0.25, -0.2) is 12.8 Å². The molecule has 1 aliphatic heterocycles. The van der Waals surface area contributed by atoms with Crippen molar-refractivity contribution in [1.82, 2.24) is 4.90 Å². The van der Waals surface area contributed by atoms with E-state index in [4.69, 9.17) is 5.73 Å². The van der Waals surface area contributed by atoms with Crippen LogP contribution < -0.4 is 10.5 Å². The molecule has 0 spiro atoms. The van der Waals surface area contributed by atoms with Crippen LogP contribution in [0.3, 0.4) is 0 Å². The van der Waals surface area contributed by atoms with Crippen molar-refractivity contribution < 1.29 is 17.6 Å². The van der Waals surface area contributed by atoms with Crippen LogP contribution in [0.4, 0.5) is 10.1 Å². The van der Waals surface area contributed by atoms with Gasteiger partial charge in [0.15, 0.2) is 0 Å². The second-order valence-electron chi connectivity index (χ2n) is 6.27.